The first kappa shape index (κ1) is 20.4. The number of methoxy groups -OCH3 is 1. The van der Waals surface area contributed by atoms with Gasteiger partial charge in [0.25, 0.3) is 0 Å². The van der Waals surface area contributed by atoms with Gasteiger partial charge in [-0.3, -0.25) is 0 Å². The van der Waals surface area contributed by atoms with Gasteiger partial charge in [-0.15, -0.1) is 0 Å². The zero-order valence-electron chi connectivity index (χ0n) is 15.0. The van der Waals surface area contributed by atoms with E-state index >= 15 is 0 Å². The summed E-state index contributed by atoms with van der Waals surface area (Å²) in [5.41, 5.74) is 0.482. The van der Waals surface area contributed by atoms with Crippen molar-refractivity contribution in [3.8, 4) is 0 Å². The van der Waals surface area contributed by atoms with Crippen LogP contribution in [0.3, 0.4) is 0 Å². The number of hydrogen-bond donors (Lipinski definition) is 1. The lowest BCUT2D eigenvalue weighted by Crippen LogP contribution is -2.50. The van der Waals surface area contributed by atoms with Gasteiger partial charge in [0.1, 0.15) is 11.7 Å². The average molecular weight is 463 g/mol. The molecule has 6 nitrogen and oxygen atoms in total. The van der Waals surface area contributed by atoms with Crippen LogP contribution in [0, 0.1) is 0 Å². The molecule has 1 fully saturated rings. The number of carbonyl (C=O) groups is 1. The van der Waals surface area contributed by atoms with E-state index in [9.17, 15) is 4.79 Å². The summed E-state index contributed by atoms with van der Waals surface area (Å²) in [6.45, 7) is 5.90. The molecule has 0 aromatic heterocycles. The number of hydrogen-bond acceptors (Lipinski definition) is 5. The Balaban J connectivity index is 2.06. The van der Waals surface area contributed by atoms with E-state index in [-0.39, 0.29) is 12.1 Å². The first-order valence-electron chi connectivity index (χ1n) is 8.23. The summed E-state index contributed by atoms with van der Waals surface area (Å²) in [6.07, 6.45) is -1.65. The topological polar surface area (TPSA) is 66.0 Å². The normalized spacial score (nSPS) is 26.4. The molecule has 1 aromatic carbocycles. The van der Waals surface area contributed by atoms with Gasteiger partial charge in [0.05, 0.1) is 18.8 Å². The van der Waals surface area contributed by atoms with E-state index in [0.29, 0.717) is 11.0 Å². The van der Waals surface area contributed by atoms with Gasteiger partial charge in [0, 0.05) is 11.5 Å². The third-order valence-electron chi connectivity index (χ3n) is 3.68. The number of benzene rings is 1. The lowest BCUT2D eigenvalue weighted by Gasteiger charge is -2.26. The zero-order chi connectivity index (χ0) is 18.4. The molecular weight excluding hydrogens is 437 g/mol. The highest BCUT2D eigenvalue weighted by atomic mass is 127. The van der Waals surface area contributed by atoms with Crippen molar-refractivity contribution in [2.75, 3.05) is 11.5 Å². The lowest BCUT2D eigenvalue weighted by atomic mass is 10.1. The third-order valence-corrected chi connectivity index (χ3v) is 4.55. The predicted molar refractivity (Wildman–Crippen MR) is 103 cm³/mol. The molecule has 0 spiro atoms. The fourth-order valence-electron chi connectivity index (χ4n) is 2.60. The average Bonchev–Trinajstić information content (AvgIpc) is 2.88. The molecule has 0 aliphatic carbocycles. The quantitative estimate of drug-likeness (QED) is 0.519. The Labute approximate surface area is 162 Å². The second-order valence-electron chi connectivity index (χ2n) is 6.87. The molecule has 1 aromatic rings. The van der Waals surface area contributed by atoms with E-state index in [1.165, 1.54) is 0 Å². The smallest absolute Gasteiger partial charge is 0.408 e. The van der Waals surface area contributed by atoms with Gasteiger partial charge in [-0.05, 0) is 26.3 Å². The van der Waals surface area contributed by atoms with E-state index in [0.717, 1.165) is 5.56 Å². The first-order chi connectivity index (χ1) is 11.8. The van der Waals surface area contributed by atoms with E-state index < -0.39 is 24.1 Å². The van der Waals surface area contributed by atoms with Crippen LogP contribution in [0.15, 0.2) is 30.3 Å². The maximum atomic E-state index is 12.2. The fraction of sp³-hybridized carbons (Fsp3) is 0.611. The molecule has 140 valence electrons. The van der Waals surface area contributed by atoms with Crippen molar-refractivity contribution in [1.82, 2.24) is 5.32 Å². The van der Waals surface area contributed by atoms with Crippen LogP contribution in [0.25, 0.3) is 0 Å². The van der Waals surface area contributed by atoms with E-state index in [1.807, 2.05) is 51.1 Å². The maximum absolute atomic E-state index is 12.2. The van der Waals surface area contributed by atoms with E-state index in [1.54, 1.807) is 7.11 Å². The number of rotatable bonds is 6. The molecule has 25 heavy (non-hydrogen) atoms. The summed E-state index contributed by atoms with van der Waals surface area (Å²) in [5.74, 6) is 0. The molecular formula is C18H26INO5. The highest BCUT2D eigenvalue weighted by Crippen LogP contribution is 2.27. The van der Waals surface area contributed by atoms with Gasteiger partial charge in [0.2, 0.25) is 0 Å². The number of alkyl carbamates (subject to hydrolysis) is 1. The van der Waals surface area contributed by atoms with Crippen LogP contribution in [0.1, 0.15) is 26.3 Å². The van der Waals surface area contributed by atoms with Crippen molar-refractivity contribution in [2.24, 2.45) is 0 Å². The van der Waals surface area contributed by atoms with Gasteiger partial charge < -0.3 is 24.3 Å². The van der Waals surface area contributed by atoms with Crippen molar-refractivity contribution in [3.63, 3.8) is 0 Å². The third kappa shape index (κ3) is 6.09. The molecule has 0 saturated carbocycles. The fourth-order valence-corrected chi connectivity index (χ4v) is 3.36. The molecule has 1 aliphatic heterocycles. The van der Waals surface area contributed by atoms with Crippen molar-refractivity contribution in [1.29, 1.82) is 0 Å². The summed E-state index contributed by atoms with van der Waals surface area (Å²) < 4.78 is 23.4. The second kappa shape index (κ2) is 9.16. The van der Waals surface area contributed by atoms with Crippen molar-refractivity contribution < 1.29 is 23.7 Å². The Morgan fingerprint density at radius 3 is 2.52 bits per heavy atom. The molecule has 0 unspecified atom stereocenters. The minimum absolute atomic E-state index is 0.209. The largest absolute Gasteiger partial charge is 0.444 e. The van der Waals surface area contributed by atoms with Crippen molar-refractivity contribution >= 4 is 28.7 Å². The van der Waals surface area contributed by atoms with Crippen LogP contribution in [0.5, 0.6) is 0 Å². The van der Waals surface area contributed by atoms with Gasteiger partial charge >= 0.3 is 6.09 Å². The molecule has 0 radical (unpaired) electrons. The van der Waals surface area contributed by atoms with Crippen LogP contribution >= 0.6 is 22.6 Å². The summed E-state index contributed by atoms with van der Waals surface area (Å²) in [5, 5.41) is 2.89. The summed E-state index contributed by atoms with van der Waals surface area (Å²) >= 11 is 2.23. The second-order valence-corrected chi connectivity index (χ2v) is 7.75. The monoisotopic (exact) mass is 463 g/mol. The van der Waals surface area contributed by atoms with Gasteiger partial charge in [-0.25, -0.2) is 4.79 Å². The molecule has 4 atom stereocenters. The number of ether oxygens (including phenoxy) is 4. The van der Waals surface area contributed by atoms with Crippen LogP contribution in [0.4, 0.5) is 4.79 Å². The Kier molecular flexibility index (Phi) is 7.48. The SMILES string of the molecule is CO[C@H]1O[C@H](CI)[C@H](NC(=O)OC(C)(C)C)[C@@H]1OCc1ccccc1. The van der Waals surface area contributed by atoms with Crippen LogP contribution in [-0.2, 0) is 25.6 Å². The minimum atomic E-state index is -0.565. The number of alkyl halides is 1. The molecule has 1 N–H and O–H groups in total. The summed E-state index contributed by atoms with van der Waals surface area (Å²) in [7, 11) is 1.57. The Bertz CT molecular complexity index is 548. The van der Waals surface area contributed by atoms with Gasteiger partial charge in [0.15, 0.2) is 6.29 Å². The number of amides is 1. The molecule has 7 heteroatoms. The van der Waals surface area contributed by atoms with Crippen molar-refractivity contribution in [2.45, 2.75) is 57.5 Å². The maximum Gasteiger partial charge on any atom is 0.408 e. The highest BCUT2D eigenvalue weighted by Gasteiger charge is 2.46. The number of halogens is 1. The van der Waals surface area contributed by atoms with E-state index in [4.69, 9.17) is 18.9 Å². The Morgan fingerprint density at radius 2 is 1.96 bits per heavy atom. The number of carbonyl (C=O) groups excluding carboxylic acids is 1. The molecule has 1 saturated heterocycles. The Morgan fingerprint density at radius 1 is 1.28 bits per heavy atom. The first-order valence-corrected chi connectivity index (χ1v) is 9.76. The van der Waals surface area contributed by atoms with Gasteiger partial charge in [-0.1, -0.05) is 52.9 Å². The highest BCUT2D eigenvalue weighted by molar-refractivity contribution is 14.1. The molecule has 1 heterocycles. The lowest BCUT2D eigenvalue weighted by molar-refractivity contribution is -0.161. The van der Waals surface area contributed by atoms with Crippen LogP contribution in [0.2, 0.25) is 0 Å². The molecule has 1 amide bonds. The zero-order valence-corrected chi connectivity index (χ0v) is 17.2. The summed E-state index contributed by atoms with van der Waals surface area (Å²) in [6, 6.07) is 9.51. The summed E-state index contributed by atoms with van der Waals surface area (Å²) in [4.78, 5) is 12.2. The van der Waals surface area contributed by atoms with Crippen molar-refractivity contribution in [3.05, 3.63) is 35.9 Å². The van der Waals surface area contributed by atoms with Crippen LogP contribution in [-0.4, -0.2) is 47.8 Å². The Hall–Kier alpha value is -0.900. The predicted octanol–water partition coefficient (Wildman–Crippen LogP) is 3.27. The number of nitrogens with one attached hydrogen (secondary N) is 1. The van der Waals surface area contributed by atoms with Gasteiger partial charge in [-0.2, -0.15) is 0 Å². The standard InChI is InChI=1S/C18H26INO5/c1-18(2,3)25-17(21)20-14-13(10-19)24-16(22-4)15(14)23-11-12-8-6-5-7-9-12/h5-9,13-16H,10-11H2,1-4H3,(H,20,21)/t13-,14+,15+,16+/m1/s1. The van der Waals surface area contributed by atoms with E-state index in [2.05, 4.69) is 27.9 Å². The van der Waals surface area contributed by atoms with Crippen LogP contribution < -0.4 is 5.32 Å². The molecule has 2 rings (SSSR count). The molecule has 0 bridgehead atoms. The minimum Gasteiger partial charge on any atom is -0.444 e. The molecule has 1 aliphatic rings.